The zero-order valence-electron chi connectivity index (χ0n) is 10.8. The molecule has 2 aromatic rings. The monoisotopic (exact) mass is 242 g/mol. The summed E-state index contributed by atoms with van der Waals surface area (Å²) in [4.78, 5) is 4.23. The Bertz CT molecular complexity index is 468. The Morgan fingerprint density at radius 2 is 1.94 bits per heavy atom. The smallest absolute Gasteiger partial charge is 0.212 e. The molecule has 0 aliphatic carbocycles. The molecule has 3 nitrogen and oxygen atoms in total. The molecule has 0 aliphatic rings. The molecule has 1 aromatic carbocycles. The van der Waals surface area contributed by atoms with Crippen molar-refractivity contribution in [3.8, 4) is 5.88 Å². The Hall–Kier alpha value is -1.87. The molecule has 1 heterocycles. The van der Waals surface area contributed by atoms with Gasteiger partial charge in [0, 0.05) is 18.3 Å². The van der Waals surface area contributed by atoms with Crippen molar-refractivity contribution in [1.82, 2.24) is 10.3 Å². The van der Waals surface area contributed by atoms with Crippen molar-refractivity contribution >= 4 is 0 Å². The van der Waals surface area contributed by atoms with E-state index in [2.05, 4.69) is 40.6 Å². The van der Waals surface area contributed by atoms with E-state index < -0.39 is 0 Å². The van der Waals surface area contributed by atoms with Crippen molar-refractivity contribution in [2.24, 2.45) is 0 Å². The molecule has 0 aliphatic heterocycles. The summed E-state index contributed by atoms with van der Waals surface area (Å²) in [7, 11) is 3.61. The Labute approximate surface area is 108 Å². The molecule has 0 spiro atoms. The normalized spacial score (nSPS) is 12.1. The van der Waals surface area contributed by atoms with Crippen molar-refractivity contribution in [1.29, 1.82) is 0 Å². The highest BCUT2D eigenvalue weighted by atomic mass is 16.5. The van der Waals surface area contributed by atoms with Crippen LogP contribution in [0.25, 0.3) is 0 Å². The zero-order valence-corrected chi connectivity index (χ0v) is 10.8. The number of hydrogen-bond acceptors (Lipinski definition) is 3. The highest BCUT2D eigenvalue weighted by molar-refractivity contribution is 5.24. The third-order valence-electron chi connectivity index (χ3n) is 3.00. The van der Waals surface area contributed by atoms with E-state index in [-0.39, 0.29) is 0 Å². The molecule has 1 N–H and O–H groups in total. The number of rotatable bonds is 5. The molecular weight excluding hydrogens is 224 g/mol. The second-order valence-electron chi connectivity index (χ2n) is 4.16. The van der Waals surface area contributed by atoms with Crippen LogP contribution < -0.4 is 10.1 Å². The highest BCUT2D eigenvalue weighted by Gasteiger charge is 2.09. The van der Waals surface area contributed by atoms with E-state index in [1.165, 1.54) is 11.1 Å². The molecule has 0 saturated carbocycles. The molecule has 0 fully saturated rings. The summed E-state index contributed by atoms with van der Waals surface area (Å²) >= 11 is 0. The van der Waals surface area contributed by atoms with Crippen LogP contribution in [-0.2, 0) is 6.42 Å². The van der Waals surface area contributed by atoms with Gasteiger partial charge in [0.1, 0.15) is 0 Å². The standard InChI is InChI=1S/C15H18N2O/c1-16-14(13-6-4-3-5-7-13)10-12-8-9-15(18-2)17-11-12/h3-9,11,14,16H,10H2,1-2H3. The van der Waals surface area contributed by atoms with Crippen LogP contribution in [0.1, 0.15) is 17.2 Å². The maximum absolute atomic E-state index is 5.06. The van der Waals surface area contributed by atoms with Crippen LogP contribution in [0.5, 0.6) is 5.88 Å². The first-order valence-electron chi connectivity index (χ1n) is 6.04. The molecule has 0 amide bonds. The third-order valence-corrected chi connectivity index (χ3v) is 3.00. The zero-order chi connectivity index (χ0) is 12.8. The minimum atomic E-state index is 0.307. The number of ether oxygens (including phenoxy) is 1. The fraction of sp³-hybridized carbons (Fsp3) is 0.267. The molecule has 1 unspecified atom stereocenters. The molecule has 0 saturated heterocycles. The van der Waals surface area contributed by atoms with Crippen molar-refractivity contribution in [2.75, 3.05) is 14.2 Å². The van der Waals surface area contributed by atoms with Gasteiger partial charge in [0.2, 0.25) is 5.88 Å². The lowest BCUT2D eigenvalue weighted by Gasteiger charge is -2.16. The van der Waals surface area contributed by atoms with Crippen LogP contribution in [0, 0.1) is 0 Å². The van der Waals surface area contributed by atoms with Gasteiger partial charge in [-0.1, -0.05) is 36.4 Å². The lowest BCUT2D eigenvalue weighted by molar-refractivity contribution is 0.397. The molecule has 0 bridgehead atoms. The summed E-state index contributed by atoms with van der Waals surface area (Å²) < 4.78 is 5.06. The predicted molar refractivity (Wildman–Crippen MR) is 72.7 cm³/mol. The minimum Gasteiger partial charge on any atom is -0.481 e. The summed E-state index contributed by atoms with van der Waals surface area (Å²) in [6.07, 6.45) is 2.78. The topological polar surface area (TPSA) is 34.1 Å². The SMILES string of the molecule is CNC(Cc1ccc(OC)nc1)c1ccccc1. The number of methoxy groups -OCH3 is 1. The van der Waals surface area contributed by atoms with Crippen LogP contribution in [0.4, 0.5) is 0 Å². The Balaban J connectivity index is 2.10. The molecule has 0 radical (unpaired) electrons. The maximum Gasteiger partial charge on any atom is 0.212 e. The van der Waals surface area contributed by atoms with Gasteiger partial charge in [0.15, 0.2) is 0 Å². The Kier molecular flexibility index (Phi) is 4.31. The van der Waals surface area contributed by atoms with Crippen LogP contribution in [-0.4, -0.2) is 19.1 Å². The quantitative estimate of drug-likeness (QED) is 0.875. The lowest BCUT2D eigenvalue weighted by Crippen LogP contribution is -2.18. The Morgan fingerprint density at radius 1 is 1.17 bits per heavy atom. The first kappa shape index (κ1) is 12.6. The fourth-order valence-electron chi connectivity index (χ4n) is 1.96. The third kappa shape index (κ3) is 3.08. The van der Waals surface area contributed by atoms with Gasteiger partial charge >= 0.3 is 0 Å². The van der Waals surface area contributed by atoms with Crippen LogP contribution in [0.15, 0.2) is 48.7 Å². The van der Waals surface area contributed by atoms with E-state index in [0.29, 0.717) is 11.9 Å². The summed E-state index contributed by atoms with van der Waals surface area (Å²) in [6.45, 7) is 0. The number of nitrogens with zero attached hydrogens (tertiary/aromatic N) is 1. The molecule has 94 valence electrons. The second kappa shape index (κ2) is 6.17. The van der Waals surface area contributed by atoms with Gasteiger partial charge in [-0.3, -0.25) is 0 Å². The largest absolute Gasteiger partial charge is 0.481 e. The van der Waals surface area contributed by atoms with Gasteiger partial charge in [-0.25, -0.2) is 4.98 Å². The van der Waals surface area contributed by atoms with Crippen molar-refractivity contribution in [2.45, 2.75) is 12.5 Å². The van der Waals surface area contributed by atoms with Crippen molar-refractivity contribution in [3.63, 3.8) is 0 Å². The number of hydrogen-bond donors (Lipinski definition) is 1. The molecule has 1 aromatic heterocycles. The Morgan fingerprint density at radius 3 is 2.50 bits per heavy atom. The van der Waals surface area contributed by atoms with Crippen molar-refractivity contribution < 1.29 is 4.74 Å². The van der Waals surface area contributed by atoms with Crippen LogP contribution in [0.2, 0.25) is 0 Å². The minimum absolute atomic E-state index is 0.307. The fourth-order valence-corrected chi connectivity index (χ4v) is 1.96. The number of benzene rings is 1. The molecule has 18 heavy (non-hydrogen) atoms. The van der Waals surface area contributed by atoms with Gasteiger partial charge < -0.3 is 10.1 Å². The summed E-state index contributed by atoms with van der Waals surface area (Å²) in [6, 6.07) is 14.7. The average molecular weight is 242 g/mol. The number of nitrogens with one attached hydrogen (secondary N) is 1. The lowest BCUT2D eigenvalue weighted by atomic mass is 10.0. The van der Waals surface area contributed by atoms with Gasteiger partial charge in [0.05, 0.1) is 7.11 Å². The number of pyridine rings is 1. The van der Waals surface area contributed by atoms with Gasteiger partial charge in [-0.2, -0.15) is 0 Å². The van der Waals surface area contributed by atoms with Crippen LogP contribution in [0.3, 0.4) is 0 Å². The first-order valence-corrected chi connectivity index (χ1v) is 6.04. The van der Waals surface area contributed by atoms with E-state index in [1.807, 2.05) is 25.4 Å². The first-order chi connectivity index (χ1) is 8.83. The summed E-state index contributed by atoms with van der Waals surface area (Å²) in [5.41, 5.74) is 2.48. The maximum atomic E-state index is 5.06. The molecule has 3 heteroatoms. The summed E-state index contributed by atoms with van der Waals surface area (Å²) in [5, 5.41) is 3.34. The van der Waals surface area contributed by atoms with E-state index in [4.69, 9.17) is 4.74 Å². The predicted octanol–water partition coefficient (Wildman–Crippen LogP) is 2.59. The van der Waals surface area contributed by atoms with Crippen LogP contribution >= 0.6 is 0 Å². The average Bonchev–Trinajstić information content (AvgIpc) is 2.46. The second-order valence-corrected chi connectivity index (χ2v) is 4.16. The van der Waals surface area contributed by atoms with Gasteiger partial charge in [-0.05, 0) is 24.6 Å². The van der Waals surface area contributed by atoms with E-state index >= 15 is 0 Å². The number of aromatic nitrogens is 1. The van der Waals surface area contributed by atoms with E-state index in [0.717, 1.165) is 6.42 Å². The molecule has 2 rings (SSSR count). The van der Waals surface area contributed by atoms with Gasteiger partial charge in [-0.15, -0.1) is 0 Å². The van der Waals surface area contributed by atoms with Gasteiger partial charge in [0.25, 0.3) is 0 Å². The van der Waals surface area contributed by atoms with Crippen molar-refractivity contribution in [3.05, 3.63) is 59.8 Å². The van der Waals surface area contributed by atoms with E-state index in [1.54, 1.807) is 7.11 Å². The van der Waals surface area contributed by atoms with E-state index in [9.17, 15) is 0 Å². The number of likely N-dealkylation sites (N-methyl/N-ethyl adjacent to an activating group) is 1. The molecule has 1 atom stereocenters. The summed E-state index contributed by atoms with van der Waals surface area (Å²) in [5.74, 6) is 0.652. The molecular formula is C15H18N2O. The highest BCUT2D eigenvalue weighted by Crippen LogP contribution is 2.18.